The Morgan fingerprint density at radius 2 is 2.22 bits per heavy atom. The smallest absolute Gasteiger partial charge is 0.401 e. The van der Waals surface area contributed by atoms with Crippen molar-refractivity contribution in [1.82, 2.24) is 9.97 Å². The van der Waals surface area contributed by atoms with E-state index in [0.717, 1.165) is 29.6 Å². The number of nitrogens with one attached hydrogen (secondary N) is 1. The minimum Gasteiger partial charge on any atom is -0.557 e. The molecule has 0 aliphatic carbocycles. The minimum absolute atomic E-state index is 0.574. The first-order chi connectivity index (χ1) is 8.85. The lowest BCUT2D eigenvalue weighted by Crippen LogP contribution is -2.13. The Bertz CT molecular complexity index is 599. The molecule has 0 fully saturated rings. The van der Waals surface area contributed by atoms with Crippen LogP contribution in [0.5, 0.6) is 5.75 Å². The first-order valence-electron chi connectivity index (χ1n) is 6.51. The van der Waals surface area contributed by atoms with Crippen molar-refractivity contribution in [1.29, 1.82) is 0 Å². The van der Waals surface area contributed by atoms with Gasteiger partial charge in [0.2, 0.25) is 0 Å². The number of aromatic nitrogens is 2. The number of hydrogen-bond donors (Lipinski definition) is 1. The van der Waals surface area contributed by atoms with Crippen molar-refractivity contribution in [3.63, 3.8) is 0 Å². The standard InChI is InChI=1S/C14H16BN2O/c1-3-9(4-2)11-7-15-18-12-8-17-14-10(13(11)12)5-6-16-14/h5-9H,3-4H2,1-2H3,(H,16,17). The van der Waals surface area contributed by atoms with Gasteiger partial charge in [-0.3, -0.25) is 0 Å². The van der Waals surface area contributed by atoms with Crippen LogP contribution in [0.4, 0.5) is 0 Å². The van der Waals surface area contributed by atoms with Crippen LogP contribution in [0.3, 0.4) is 0 Å². The molecule has 0 amide bonds. The predicted octanol–water partition coefficient (Wildman–Crippen LogP) is 3.35. The average molecular weight is 239 g/mol. The van der Waals surface area contributed by atoms with Crippen LogP contribution in [-0.4, -0.2) is 17.5 Å². The molecule has 18 heavy (non-hydrogen) atoms. The van der Waals surface area contributed by atoms with E-state index < -0.39 is 0 Å². The number of nitrogens with zero attached hydrogens (tertiary/aromatic N) is 1. The topological polar surface area (TPSA) is 37.9 Å². The summed E-state index contributed by atoms with van der Waals surface area (Å²) in [5.74, 6) is 3.54. The lowest BCUT2D eigenvalue weighted by molar-refractivity contribution is 0.579. The van der Waals surface area contributed by atoms with Crippen molar-refractivity contribution in [3.05, 3.63) is 30.0 Å². The van der Waals surface area contributed by atoms with Crippen molar-refractivity contribution in [2.24, 2.45) is 5.92 Å². The van der Waals surface area contributed by atoms with E-state index >= 15 is 0 Å². The maximum absolute atomic E-state index is 5.59. The molecule has 2 aromatic rings. The maximum Gasteiger partial charge on any atom is 0.401 e. The van der Waals surface area contributed by atoms with E-state index in [1.807, 2.05) is 6.20 Å². The van der Waals surface area contributed by atoms with Crippen molar-refractivity contribution >= 4 is 24.1 Å². The van der Waals surface area contributed by atoms with Crippen LogP contribution in [0.2, 0.25) is 0 Å². The molecule has 0 saturated carbocycles. The molecule has 0 spiro atoms. The zero-order chi connectivity index (χ0) is 12.5. The highest BCUT2D eigenvalue weighted by Gasteiger charge is 2.23. The number of pyridine rings is 1. The largest absolute Gasteiger partial charge is 0.557 e. The zero-order valence-corrected chi connectivity index (χ0v) is 10.7. The van der Waals surface area contributed by atoms with E-state index in [0.29, 0.717) is 5.92 Å². The van der Waals surface area contributed by atoms with Gasteiger partial charge in [0.25, 0.3) is 0 Å². The summed E-state index contributed by atoms with van der Waals surface area (Å²) >= 11 is 0. The molecule has 0 unspecified atom stereocenters. The molecule has 1 aliphatic heterocycles. The highest BCUT2D eigenvalue weighted by Crippen LogP contribution is 2.39. The van der Waals surface area contributed by atoms with E-state index in [1.54, 1.807) is 13.7 Å². The second kappa shape index (κ2) is 4.52. The molecule has 0 saturated heterocycles. The third-order valence-electron chi connectivity index (χ3n) is 3.71. The van der Waals surface area contributed by atoms with Crippen LogP contribution in [0.25, 0.3) is 16.6 Å². The first kappa shape index (κ1) is 11.4. The average Bonchev–Trinajstić information content (AvgIpc) is 2.88. The molecule has 3 rings (SSSR count). The molecular weight excluding hydrogens is 223 g/mol. The second-order valence-electron chi connectivity index (χ2n) is 4.63. The molecule has 91 valence electrons. The fourth-order valence-electron chi connectivity index (χ4n) is 2.71. The third kappa shape index (κ3) is 1.64. The number of rotatable bonds is 3. The predicted molar refractivity (Wildman–Crippen MR) is 74.5 cm³/mol. The Balaban J connectivity index is 2.21. The van der Waals surface area contributed by atoms with Crippen LogP contribution in [0.1, 0.15) is 32.3 Å². The molecule has 0 bridgehead atoms. The Morgan fingerprint density at radius 3 is 3.00 bits per heavy atom. The molecule has 1 aliphatic rings. The number of H-pyrrole nitrogens is 1. The Hall–Kier alpha value is -1.71. The first-order valence-corrected chi connectivity index (χ1v) is 6.51. The number of aromatic amines is 1. The Labute approximate surface area is 108 Å². The van der Waals surface area contributed by atoms with Gasteiger partial charge in [0, 0.05) is 17.1 Å². The lowest BCUT2D eigenvalue weighted by atomic mass is 9.79. The van der Waals surface area contributed by atoms with Crippen LogP contribution >= 0.6 is 0 Å². The molecule has 1 radical (unpaired) electrons. The van der Waals surface area contributed by atoms with Crippen molar-refractivity contribution in [2.75, 3.05) is 0 Å². The molecular formula is C14H16BN2O. The summed E-state index contributed by atoms with van der Waals surface area (Å²) in [5, 5.41) is 1.15. The monoisotopic (exact) mass is 239 g/mol. The van der Waals surface area contributed by atoms with Gasteiger partial charge in [-0.25, -0.2) is 4.98 Å². The lowest BCUT2D eigenvalue weighted by Gasteiger charge is -2.24. The Morgan fingerprint density at radius 1 is 1.39 bits per heavy atom. The summed E-state index contributed by atoms with van der Waals surface area (Å²) < 4.78 is 5.59. The van der Waals surface area contributed by atoms with Crippen molar-refractivity contribution < 1.29 is 4.65 Å². The summed E-state index contributed by atoms with van der Waals surface area (Å²) in [6.07, 6.45) is 6.02. The van der Waals surface area contributed by atoms with Gasteiger partial charge in [0.15, 0.2) is 0 Å². The molecule has 0 atom stereocenters. The van der Waals surface area contributed by atoms with Gasteiger partial charge >= 0.3 is 7.48 Å². The van der Waals surface area contributed by atoms with Gasteiger partial charge in [-0.05, 0) is 30.4 Å². The second-order valence-corrected chi connectivity index (χ2v) is 4.63. The van der Waals surface area contributed by atoms with Gasteiger partial charge in [0.1, 0.15) is 11.4 Å². The summed E-state index contributed by atoms with van der Waals surface area (Å²) in [4.78, 5) is 7.53. The van der Waals surface area contributed by atoms with Gasteiger partial charge in [-0.15, -0.1) is 0 Å². The number of allylic oxidation sites excluding steroid dienone is 1. The number of fused-ring (bicyclic) bond motifs is 3. The van der Waals surface area contributed by atoms with Crippen LogP contribution < -0.4 is 4.65 Å². The number of hydrogen-bond acceptors (Lipinski definition) is 2. The molecule has 0 aromatic carbocycles. The van der Waals surface area contributed by atoms with Gasteiger partial charge < -0.3 is 9.64 Å². The molecule has 3 heterocycles. The van der Waals surface area contributed by atoms with Crippen molar-refractivity contribution in [2.45, 2.75) is 26.7 Å². The van der Waals surface area contributed by atoms with Crippen LogP contribution in [-0.2, 0) is 0 Å². The van der Waals surface area contributed by atoms with E-state index in [9.17, 15) is 0 Å². The summed E-state index contributed by atoms with van der Waals surface area (Å²) in [6.45, 7) is 4.47. The maximum atomic E-state index is 5.59. The normalized spacial score (nSPS) is 14.1. The molecule has 4 heteroatoms. The fourth-order valence-corrected chi connectivity index (χ4v) is 2.71. The minimum atomic E-state index is 0.574. The summed E-state index contributed by atoms with van der Waals surface area (Å²) in [6, 6.07) is 2.08. The molecule has 2 aromatic heterocycles. The highest BCUT2D eigenvalue weighted by atomic mass is 16.4. The fraction of sp³-hybridized carbons (Fsp3) is 0.357. The van der Waals surface area contributed by atoms with Crippen molar-refractivity contribution in [3.8, 4) is 5.75 Å². The van der Waals surface area contributed by atoms with E-state index in [4.69, 9.17) is 4.65 Å². The highest BCUT2D eigenvalue weighted by molar-refractivity contribution is 6.39. The van der Waals surface area contributed by atoms with Gasteiger partial charge in [-0.2, -0.15) is 0 Å². The van der Waals surface area contributed by atoms with E-state index in [1.165, 1.54) is 11.1 Å². The molecule has 1 N–H and O–H groups in total. The van der Waals surface area contributed by atoms with Gasteiger partial charge in [-0.1, -0.05) is 19.8 Å². The van der Waals surface area contributed by atoms with E-state index in [-0.39, 0.29) is 0 Å². The summed E-state index contributed by atoms with van der Waals surface area (Å²) in [7, 11) is 1.77. The third-order valence-corrected chi connectivity index (χ3v) is 3.71. The quantitative estimate of drug-likeness (QED) is 0.834. The van der Waals surface area contributed by atoms with Crippen LogP contribution in [0, 0.1) is 5.92 Å². The van der Waals surface area contributed by atoms with Crippen LogP contribution in [0.15, 0.2) is 24.4 Å². The molecule has 3 nitrogen and oxygen atoms in total. The van der Waals surface area contributed by atoms with Gasteiger partial charge in [0.05, 0.1) is 6.20 Å². The zero-order valence-electron chi connectivity index (χ0n) is 10.7. The Kier molecular flexibility index (Phi) is 2.86. The summed E-state index contributed by atoms with van der Waals surface area (Å²) in [5.41, 5.74) is 3.50. The SMILES string of the molecule is CCC(CC)C1=C[B]Oc2cnc3[nH]ccc3c21. The van der Waals surface area contributed by atoms with E-state index in [2.05, 4.69) is 35.9 Å².